The van der Waals surface area contributed by atoms with Crippen LogP contribution in [0.5, 0.6) is 0 Å². The van der Waals surface area contributed by atoms with E-state index < -0.39 is 6.10 Å². The van der Waals surface area contributed by atoms with Crippen LogP contribution >= 0.6 is 0 Å². The van der Waals surface area contributed by atoms with Gasteiger partial charge in [-0.1, -0.05) is 30.3 Å². The molecule has 0 unspecified atom stereocenters. The summed E-state index contributed by atoms with van der Waals surface area (Å²) >= 11 is 0. The molecule has 2 aliphatic rings. The van der Waals surface area contributed by atoms with Gasteiger partial charge in [0.25, 0.3) is 0 Å². The van der Waals surface area contributed by atoms with Crippen molar-refractivity contribution in [2.24, 2.45) is 5.92 Å². The van der Waals surface area contributed by atoms with E-state index in [4.69, 9.17) is 4.74 Å². The van der Waals surface area contributed by atoms with Crippen LogP contribution in [-0.4, -0.2) is 41.8 Å². The summed E-state index contributed by atoms with van der Waals surface area (Å²) in [6.45, 7) is 1.79. The molecule has 2 amide bonds. The highest BCUT2D eigenvalue weighted by atomic mass is 16.5. The Morgan fingerprint density at radius 2 is 1.92 bits per heavy atom. The minimum Gasteiger partial charge on any atom is -0.394 e. The SMILES string of the molecule is C[C@H](NC(=O)C[C@@H]1CC[C@H](NC(=O)C2CC2)[C@@H](CO)O1)c1ccccc1. The molecule has 0 spiro atoms. The van der Waals surface area contributed by atoms with E-state index in [1.54, 1.807) is 0 Å². The van der Waals surface area contributed by atoms with E-state index in [1.165, 1.54) is 0 Å². The minimum atomic E-state index is -0.448. The van der Waals surface area contributed by atoms with Crippen LogP contribution in [0.3, 0.4) is 0 Å². The minimum absolute atomic E-state index is 0.0601. The van der Waals surface area contributed by atoms with Gasteiger partial charge in [-0.2, -0.15) is 0 Å². The van der Waals surface area contributed by atoms with Crippen LogP contribution in [0, 0.1) is 5.92 Å². The highest BCUT2D eigenvalue weighted by Gasteiger charge is 2.36. The molecule has 0 radical (unpaired) electrons. The van der Waals surface area contributed by atoms with Gasteiger partial charge in [0.05, 0.1) is 31.2 Å². The largest absolute Gasteiger partial charge is 0.394 e. The molecule has 26 heavy (non-hydrogen) atoms. The fourth-order valence-electron chi connectivity index (χ4n) is 3.43. The van der Waals surface area contributed by atoms with Crippen molar-refractivity contribution >= 4 is 11.8 Å². The molecule has 3 rings (SSSR count). The number of amides is 2. The van der Waals surface area contributed by atoms with Crippen molar-refractivity contribution in [2.45, 2.75) is 63.3 Å². The number of hydrogen-bond acceptors (Lipinski definition) is 4. The average molecular weight is 360 g/mol. The van der Waals surface area contributed by atoms with Crippen LogP contribution in [-0.2, 0) is 14.3 Å². The maximum absolute atomic E-state index is 12.3. The second kappa shape index (κ2) is 8.64. The Kier molecular flexibility index (Phi) is 6.27. The van der Waals surface area contributed by atoms with E-state index >= 15 is 0 Å². The first-order valence-corrected chi connectivity index (χ1v) is 9.47. The molecule has 3 N–H and O–H groups in total. The molecule has 2 fully saturated rings. The molecule has 0 bridgehead atoms. The normalized spacial score (nSPS) is 26.8. The lowest BCUT2D eigenvalue weighted by atomic mass is 9.96. The molecular weight excluding hydrogens is 332 g/mol. The third-order valence-electron chi connectivity index (χ3n) is 5.16. The lowest BCUT2D eigenvalue weighted by molar-refractivity contribution is -0.136. The zero-order valence-electron chi connectivity index (χ0n) is 15.2. The quantitative estimate of drug-likeness (QED) is 0.690. The Morgan fingerprint density at radius 3 is 2.58 bits per heavy atom. The summed E-state index contributed by atoms with van der Waals surface area (Å²) in [6, 6.07) is 9.58. The van der Waals surface area contributed by atoms with Gasteiger partial charge in [-0.3, -0.25) is 9.59 Å². The van der Waals surface area contributed by atoms with E-state index in [-0.39, 0.29) is 48.9 Å². The van der Waals surface area contributed by atoms with Crippen LogP contribution in [0.1, 0.15) is 50.6 Å². The second-order valence-electron chi connectivity index (χ2n) is 7.35. The number of benzene rings is 1. The molecule has 1 aromatic carbocycles. The first-order valence-electron chi connectivity index (χ1n) is 9.47. The fourth-order valence-corrected chi connectivity index (χ4v) is 3.43. The van der Waals surface area contributed by atoms with E-state index in [9.17, 15) is 14.7 Å². The molecular formula is C20H28N2O4. The number of hydrogen-bond donors (Lipinski definition) is 3. The zero-order chi connectivity index (χ0) is 18.5. The fraction of sp³-hybridized carbons (Fsp3) is 0.600. The molecule has 142 valence electrons. The van der Waals surface area contributed by atoms with Gasteiger partial charge in [0.15, 0.2) is 0 Å². The van der Waals surface area contributed by atoms with Gasteiger partial charge in [-0.25, -0.2) is 0 Å². The Morgan fingerprint density at radius 1 is 1.19 bits per heavy atom. The number of carbonyl (C=O) groups excluding carboxylic acids is 2. The Bertz CT molecular complexity index is 617. The van der Waals surface area contributed by atoms with Crippen LogP contribution in [0.4, 0.5) is 0 Å². The maximum atomic E-state index is 12.3. The molecule has 4 atom stereocenters. The highest BCUT2D eigenvalue weighted by Crippen LogP contribution is 2.30. The number of aliphatic hydroxyl groups excluding tert-OH is 1. The summed E-state index contributed by atoms with van der Waals surface area (Å²) in [7, 11) is 0. The van der Waals surface area contributed by atoms with Crippen LogP contribution in [0.15, 0.2) is 30.3 Å². The Labute approximate surface area is 154 Å². The van der Waals surface area contributed by atoms with Gasteiger partial charge in [0, 0.05) is 5.92 Å². The highest BCUT2D eigenvalue weighted by molar-refractivity contribution is 5.81. The molecule has 1 saturated carbocycles. The molecule has 1 aromatic rings. The number of aliphatic hydroxyl groups is 1. The summed E-state index contributed by atoms with van der Waals surface area (Å²) in [4.78, 5) is 24.3. The third-order valence-corrected chi connectivity index (χ3v) is 5.16. The van der Waals surface area contributed by atoms with Gasteiger partial charge in [0.1, 0.15) is 6.10 Å². The van der Waals surface area contributed by atoms with Gasteiger partial charge in [-0.15, -0.1) is 0 Å². The average Bonchev–Trinajstić information content (AvgIpc) is 3.48. The first-order chi connectivity index (χ1) is 12.6. The van der Waals surface area contributed by atoms with Crippen molar-refractivity contribution < 1.29 is 19.4 Å². The molecule has 1 aliphatic heterocycles. The molecule has 6 heteroatoms. The number of carbonyl (C=O) groups is 2. The maximum Gasteiger partial charge on any atom is 0.223 e. The van der Waals surface area contributed by atoms with Crippen LogP contribution in [0.2, 0.25) is 0 Å². The summed E-state index contributed by atoms with van der Waals surface area (Å²) in [6.07, 6.45) is 2.89. The molecule has 1 saturated heterocycles. The van der Waals surface area contributed by atoms with Crippen LogP contribution < -0.4 is 10.6 Å². The first kappa shape index (κ1) is 18.9. The van der Waals surface area contributed by atoms with Crippen molar-refractivity contribution in [3.63, 3.8) is 0 Å². The summed E-state index contributed by atoms with van der Waals surface area (Å²) in [5, 5.41) is 15.6. The number of nitrogens with one attached hydrogen (secondary N) is 2. The smallest absolute Gasteiger partial charge is 0.223 e. The molecule has 6 nitrogen and oxygen atoms in total. The van der Waals surface area contributed by atoms with Gasteiger partial charge < -0.3 is 20.5 Å². The second-order valence-corrected chi connectivity index (χ2v) is 7.35. The molecule has 1 heterocycles. The van der Waals surface area contributed by atoms with Gasteiger partial charge in [0.2, 0.25) is 11.8 Å². The van der Waals surface area contributed by atoms with E-state index in [1.807, 2.05) is 37.3 Å². The summed E-state index contributed by atoms with van der Waals surface area (Å²) in [5.74, 6) is 0.130. The topological polar surface area (TPSA) is 87.7 Å². The lowest BCUT2D eigenvalue weighted by Crippen LogP contribution is -2.51. The standard InChI is InChI=1S/C20H28N2O4/c1-13(14-5-3-2-4-6-14)21-19(24)11-16-9-10-17(18(12-23)26-16)22-20(25)15-7-8-15/h2-6,13,15-18,23H,7-12H2,1H3,(H,21,24)(H,22,25)/t13-,16-,17-,18+/m0/s1. The van der Waals surface area contributed by atoms with Crippen LogP contribution in [0.25, 0.3) is 0 Å². The predicted octanol–water partition coefficient (Wildman–Crippen LogP) is 1.69. The summed E-state index contributed by atoms with van der Waals surface area (Å²) in [5.41, 5.74) is 1.06. The summed E-state index contributed by atoms with van der Waals surface area (Å²) < 4.78 is 5.88. The third kappa shape index (κ3) is 5.05. The monoisotopic (exact) mass is 360 g/mol. The number of rotatable bonds is 7. The van der Waals surface area contributed by atoms with Crippen molar-refractivity contribution in [2.75, 3.05) is 6.61 Å². The van der Waals surface area contributed by atoms with E-state index in [0.717, 1.165) is 24.8 Å². The molecule has 1 aliphatic carbocycles. The zero-order valence-corrected chi connectivity index (χ0v) is 15.2. The Hall–Kier alpha value is -1.92. The van der Waals surface area contributed by atoms with Crippen molar-refractivity contribution in [3.8, 4) is 0 Å². The predicted molar refractivity (Wildman–Crippen MR) is 97.3 cm³/mol. The van der Waals surface area contributed by atoms with Gasteiger partial charge >= 0.3 is 0 Å². The Balaban J connectivity index is 1.46. The number of ether oxygens (including phenoxy) is 1. The molecule has 0 aromatic heterocycles. The van der Waals surface area contributed by atoms with E-state index in [2.05, 4.69) is 10.6 Å². The van der Waals surface area contributed by atoms with Crippen molar-refractivity contribution in [1.82, 2.24) is 10.6 Å². The van der Waals surface area contributed by atoms with Crippen molar-refractivity contribution in [1.29, 1.82) is 0 Å². The lowest BCUT2D eigenvalue weighted by Gasteiger charge is -2.36. The van der Waals surface area contributed by atoms with E-state index in [0.29, 0.717) is 6.42 Å². The van der Waals surface area contributed by atoms with Crippen molar-refractivity contribution in [3.05, 3.63) is 35.9 Å². The van der Waals surface area contributed by atoms with Gasteiger partial charge in [-0.05, 0) is 38.2 Å².